The highest BCUT2D eigenvalue weighted by molar-refractivity contribution is 7.80. The average Bonchev–Trinajstić information content (AvgIpc) is 2.38. The summed E-state index contributed by atoms with van der Waals surface area (Å²) in [5, 5.41) is 10.6. The molecule has 0 bridgehead atoms. The quantitative estimate of drug-likeness (QED) is 0.341. The Hall–Kier alpha value is -1.43. The van der Waals surface area contributed by atoms with Crippen molar-refractivity contribution in [3.8, 4) is 11.5 Å². The summed E-state index contributed by atoms with van der Waals surface area (Å²) in [6, 6.07) is 4.34. The number of nitro groups is 1. The van der Waals surface area contributed by atoms with Gasteiger partial charge in [0, 0.05) is 6.07 Å². The molecule has 0 N–H and O–H groups in total. The highest BCUT2D eigenvalue weighted by Crippen LogP contribution is 2.31. The molecule has 0 saturated heterocycles. The lowest BCUT2D eigenvalue weighted by Gasteiger charge is -2.10. The lowest BCUT2D eigenvalue weighted by Crippen LogP contribution is -2.00. The van der Waals surface area contributed by atoms with Gasteiger partial charge < -0.3 is 9.47 Å². The standard InChI is InChI=1S/C12H17NO4S/c1-16-12-9-10(13(14)15)5-6-11(12)17-7-3-2-4-8-18/h5-6,9,18H,2-4,7-8H2,1H3. The van der Waals surface area contributed by atoms with Crippen molar-refractivity contribution < 1.29 is 14.4 Å². The average molecular weight is 271 g/mol. The first-order valence-corrected chi connectivity index (χ1v) is 6.38. The van der Waals surface area contributed by atoms with Gasteiger partial charge in [0.2, 0.25) is 0 Å². The summed E-state index contributed by atoms with van der Waals surface area (Å²) in [6.45, 7) is 0.571. The van der Waals surface area contributed by atoms with Crippen molar-refractivity contribution in [3.05, 3.63) is 28.3 Å². The fraction of sp³-hybridized carbons (Fsp3) is 0.500. The Morgan fingerprint density at radius 1 is 1.28 bits per heavy atom. The van der Waals surface area contributed by atoms with Gasteiger partial charge in [-0.05, 0) is 31.1 Å². The van der Waals surface area contributed by atoms with E-state index in [9.17, 15) is 10.1 Å². The van der Waals surface area contributed by atoms with Gasteiger partial charge in [-0.2, -0.15) is 12.6 Å². The molecule has 0 saturated carbocycles. The molecular formula is C12H17NO4S. The number of hydrogen-bond acceptors (Lipinski definition) is 5. The third kappa shape index (κ3) is 4.44. The molecule has 0 unspecified atom stereocenters. The first-order valence-electron chi connectivity index (χ1n) is 5.75. The van der Waals surface area contributed by atoms with E-state index in [0.29, 0.717) is 18.1 Å². The van der Waals surface area contributed by atoms with Crippen LogP contribution >= 0.6 is 12.6 Å². The van der Waals surface area contributed by atoms with Crippen LogP contribution in [0.1, 0.15) is 19.3 Å². The zero-order valence-electron chi connectivity index (χ0n) is 10.3. The van der Waals surface area contributed by atoms with E-state index in [1.54, 1.807) is 6.07 Å². The van der Waals surface area contributed by atoms with Gasteiger partial charge >= 0.3 is 0 Å². The molecular weight excluding hydrogens is 254 g/mol. The van der Waals surface area contributed by atoms with Crippen molar-refractivity contribution in [2.45, 2.75) is 19.3 Å². The molecule has 0 heterocycles. The Morgan fingerprint density at radius 2 is 2.06 bits per heavy atom. The number of benzene rings is 1. The molecule has 0 amide bonds. The number of methoxy groups -OCH3 is 1. The van der Waals surface area contributed by atoms with E-state index in [-0.39, 0.29) is 5.69 Å². The molecule has 1 rings (SSSR count). The molecule has 0 atom stereocenters. The molecule has 18 heavy (non-hydrogen) atoms. The molecule has 0 radical (unpaired) electrons. The second-order valence-electron chi connectivity index (χ2n) is 3.73. The predicted molar refractivity (Wildman–Crippen MR) is 72.8 cm³/mol. The van der Waals surface area contributed by atoms with E-state index in [1.807, 2.05) is 0 Å². The topological polar surface area (TPSA) is 61.6 Å². The first kappa shape index (κ1) is 14.6. The predicted octanol–water partition coefficient (Wildman–Crippen LogP) is 3.08. The number of ether oxygens (including phenoxy) is 2. The summed E-state index contributed by atoms with van der Waals surface area (Å²) < 4.78 is 10.6. The summed E-state index contributed by atoms with van der Waals surface area (Å²) in [6.07, 6.45) is 3.05. The first-order chi connectivity index (χ1) is 8.69. The van der Waals surface area contributed by atoms with Crippen LogP contribution in [0, 0.1) is 10.1 Å². The van der Waals surface area contributed by atoms with Gasteiger partial charge in [0.25, 0.3) is 5.69 Å². The van der Waals surface area contributed by atoms with Crippen molar-refractivity contribution in [2.75, 3.05) is 19.5 Å². The molecule has 6 heteroatoms. The van der Waals surface area contributed by atoms with Crippen LogP contribution in [0.3, 0.4) is 0 Å². The fourth-order valence-electron chi connectivity index (χ4n) is 1.46. The number of unbranched alkanes of at least 4 members (excludes halogenated alkanes) is 2. The lowest BCUT2D eigenvalue weighted by atomic mass is 10.2. The van der Waals surface area contributed by atoms with E-state index in [0.717, 1.165) is 25.0 Å². The van der Waals surface area contributed by atoms with E-state index in [1.165, 1.54) is 19.2 Å². The Balaban J connectivity index is 2.57. The smallest absolute Gasteiger partial charge is 0.273 e. The maximum absolute atomic E-state index is 10.6. The number of rotatable bonds is 8. The Kier molecular flexibility index (Phi) is 6.35. The number of thiol groups is 1. The van der Waals surface area contributed by atoms with E-state index in [4.69, 9.17) is 9.47 Å². The van der Waals surface area contributed by atoms with E-state index >= 15 is 0 Å². The van der Waals surface area contributed by atoms with Crippen LogP contribution in [0.2, 0.25) is 0 Å². The van der Waals surface area contributed by atoms with Gasteiger partial charge in [-0.25, -0.2) is 0 Å². The summed E-state index contributed by atoms with van der Waals surface area (Å²) in [4.78, 5) is 10.2. The van der Waals surface area contributed by atoms with Crippen LogP contribution in [0.15, 0.2) is 18.2 Å². The van der Waals surface area contributed by atoms with Crippen LogP contribution in [0.5, 0.6) is 11.5 Å². The highest BCUT2D eigenvalue weighted by atomic mass is 32.1. The van der Waals surface area contributed by atoms with E-state index in [2.05, 4.69) is 12.6 Å². The second-order valence-corrected chi connectivity index (χ2v) is 4.17. The van der Waals surface area contributed by atoms with Crippen LogP contribution in [-0.4, -0.2) is 24.4 Å². The van der Waals surface area contributed by atoms with Gasteiger partial charge in [-0.15, -0.1) is 0 Å². The summed E-state index contributed by atoms with van der Waals surface area (Å²) >= 11 is 4.13. The van der Waals surface area contributed by atoms with Gasteiger partial charge in [0.15, 0.2) is 11.5 Å². The van der Waals surface area contributed by atoms with Gasteiger partial charge in [-0.1, -0.05) is 0 Å². The molecule has 1 aromatic rings. The summed E-state index contributed by atoms with van der Waals surface area (Å²) in [5.74, 6) is 1.80. The van der Waals surface area contributed by atoms with Crippen molar-refractivity contribution in [1.82, 2.24) is 0 Å². The van der Waals surface area contributed by atoms with Crippen molar-refractivity contribution in [2.24, 2.45) is 0 Å². The molecule has 0 aliphatic heterocycles. The Labute approximate surface area is 112 Å². The number of nitro benzene ring substituents is 1. The summed E-state index contributed by atoms with van der Waals surface area (Å²) in [7, 11) is 1.47. The molecule has 0 aromatic heterocycles. The van der Waals surface area contributed by atoms with Crippen molar-refractivity contribution >= 4 is 18.3 Å². The number of hydrogen-bond donors (Lipinski definition) is 1. The maximum Gasteiger partial charge on any atom is 0.273 e. The zero-order chi connectivity index (χ0) is 13.4. The van der Waals surface area contributed by atoms with Crippen LogP contribution in [0.25, 0.3) is 0 Å². The molecule has 5 nitrogen and oxygen atoms in total. The van der Waals surface area contributed by atoms with Crippen LogP contribution in [-0.2, 0) is 0 Å². The minimum atomic E-state index is -0.459. The molecule has 0 spiro atoms. The molecule has 0 aliphatic rings. The third-order valence-electron chi connectivity index (χ3n) is 2.42. The Morgan fingerprint density at radius 3 is 2.67 bits per heavy atom. The largest absolute Gasteiger partial charge is 0.493 e. The minimum Gasteiger partial charge on any atom is -0.493 e. The van der Waals surface area contributed by atoms with Gasteiger partial charge in [0.05, 0.1) is 24.7 Å². The monoisotopic (exact) mass is 271 g/mol. The SMILES string of the molecule is COc1cc([N+](=O)[O-])ccc1OCCCCCS. The zero-order valence-corrected chi connectivity index (χ0v) is 11.2. The minimum absolute atomic E-state index is 0.00530. The second kappa shape index (κ2) is 7.81. The number of non-ortho nitro benzene ring substituents is 1. The van der Waals surface area contributed by atoms with E-state index < -0.39 is 4.92 Å². The lowest BCUT2D eigenvalue weighted by molar-refractivity contribution is -0.384. The number of nitrogens with zero attached hydrogens (tertiary/aromatic N) is 1. The molecule has 100 valence electrons. The maximum atomic E-state index is 10.6. The Bertz CT molecular complexity index is 398. The molecule has 0 fully saturated rings. The summed E-state index contributed by atoms with van der Waals surface area (Å²) in [5.41, 5.74) is -0.00530. The highest BCUT2D eigenvalue weighted by Gasteiger charge is 2.11. The van der Waals surface area contributed by atoms with Crippen molar-refractivity contribution in [1.29, 1.82) is 0 Å². The van der Waals surface area contributed by atoms with Crippen LogP contribution < -0.4 is 9.47 Å². The van der Waals surface area contributed by atoms with Crippen LogP contribution in [0.4, 0.5) is 5.69 Å². The third-order valence-corrected chi connectivity index (χ3v) is 2.73. The van der Waals surface area contributed by atoms with Gasteiger partial charge in [-0.3, -0.25) is 10.1 Å². The molecule has 1 aromatic carbocycles. The molecule has 0 aliphatic carbocycles. The normalized spacial score (nSPS) is 10.1. The van der Waals surface area contributed by atoms with Gasteiger partial charge in [0.1, 0.15) is 0 Å². The van der Waals surface area contributed by atoms with Crippen molar-refractivity contribution in [3.63, 3.8) is 0 Å². The fourth-order valence-corrected chi connectivity index (χ4v) is 1.69.